The Bertz CT molecular complexity index is 753. The van der Waals surface area contributed by atoms with E-state index >= 15 is 0 Å². The lowest BCUT2D eigenvalue weighted by Gasteiger charge is -2.33. The number of methoxy groups -OCH3 is 2. The molecule has 0 saturated heterocycles. The minimum Gasteiger partial charge on any atom is -0.493 e. The van der Waals surface area contributed by atoms with Crippen LogP contribution in [0.25, 0.3) is 0 Å². The van der Waals surface area contributed by atoms with E-state index in [1.165, 1.54) is 17.2 Å². The van der Waals surface area contributed by atoms with Gasteiger partial charge in [-0.15, -0.1) is 12.4 Å². The fraction of sp³-hybridized carbons (Fsp3) is 0.455. The molecule has 148 valence electrons. The first-order valence-corrected chi connectivity index (χ1v) is 9.30. The largest absolute Gasteiger partial charge is 0.493 e. The smallest absolute Gasteiger partial charge is 0.164 e. The molecule has 0 fully saturated rings. The highest BCUT2D eigenvalue weighted by molar-refractivity contribution is 5.85. The maximum atomic E-state index is 13.6. The SMILES string of the molecule is CNCC(Cc1cccc(F)c1)C1CCCc2c1ccc(OC)c2OC.Cl. The Morgan fingerprint density at radius 1 is 1.19 bits per heavy atom. The molecule has 0 aliphatic heterocycles. The summed E-state index contributed by atoms with van der Waals surface area (Å²) < 4.78 is 24.8. The van der Waals surface area contributed by atoms with Crippen molar-refractivity contribution in [3.63, 3.8) is 0 Å². The molecular weight excluding hydrogens is 365 g/mol. The van der Waals surface area contributed by atoms with Crippen LogP contribution in [0.3, 0.4) is 0 Å². The van der Waals surface area contributed by atoms with Crippen LogP contribution in [0, 0.1) is 11.7 Å². The number of rotatable bonds is 7. The van der Waals surface area contributed by atoms with Gasteiger partial charge in [-0.3, -0.25) is 0 Å². The molecule has 27 heavy (non-hydrogen) atoms. The van der Waals surface area contributed by atoms with Crippen LogP contribution in [0.2, 0.25) is 0 Å². The minimum absolute atomic E-state index is 0. The van der Waals surface area contributed by atoms with Gasteiger partial charge in [-0.1, -0.05) is 18.2 Å². The molecule has 3 rings (SSSR count). The first-order valence-electron chi connectivity index (χ1n) is 9.30. The molecule has 2 unspecified atom stereocenters. The molecule has 0 saturated carbocycles. The lowest BCUT2D eigenvalue weighted by Crippen LogP contribution is -2.29. The second-order valence-electron chi connectivity index (χ2n) is 7.02. The molecule has 1 aliphatic carbocycles. The summed E-state index contributed by atoms with van der Waals surface area (Å²) in [5, 5.41) is 3.33. The minimum atomic E-state index is -0.166. The maximum absolute atomic E-state index is 13.6. The molecule has 1 N–H and O–H groups in total. The fourth-order valence-corrected chi connectivity index (χ4v) is 4.34. The first kappa shape index (κ1) is 21.5. The molecule has 0 aromatic heterocycles. The van der Waals surface area contributed by atoms with Crippen LogP contribution in [0.5, 0.6) is 11.5 Å². The normalized spacial score (nSPS) is 16.8. The summed E-state index contributed by atoms with van der Waals surface area (Å²) >= 11 is 0. The topological polar surface area (TPSA) is 30.5 Å². The zero-order valence-corrected chi connectivity index (χ0v) is 17.1. The summed E-state index contributed by atoms with van der Waals surface area (Å²) in [7, 11) is 5.37. The first-order chi connectivity index (χ1) is 12.7. The molecule has 0 amide bonds. The molecule has 3 nitrogen and oxygen atoms in total. The predicted molar refractivity (Wildman–Crippen MR) is 110 cm³/mol. The third-order valence-corrected chi connectivity index (χ3v) is 5.45. The van der Waals surface area contributed by atoms with E-state index in [9.17, 15) is 4.39 Å². The van der Waals surface area contributed by atoms with Crippen molar-refractivity contribution >= 4 is 12.4 Å². The van der Waals surface area contributed by atoms with Crippen LogP contribution >= 0.6 is 12.4 Å². The van der Waals surface area contributed by atoms with Crippen molar-refractivity contribution in [1.29, 1.82) is 0 Å². The van der Waals surface area contributed by atoms with Crippen molar-refractivity contribution in [3.05, 3.63) is 58.9 Å². The van der Waals surface area contributed by atoms with Gasteiger partial charge in [0.05, 0.1) is 14.2 Å². The molecule has 0 spiro atoms. The lowest BCUT2D eigenvalue weighted by atomic mass is 9.73. The molecule has 0 bridgehead atoms. The van der Waals surface area contributed by atoms with Gasteiger partial charge in [-0.05, 0) is 80.4 Å². The molecule has 2 aromatic rings. The number of nitrogens with one attached hydrogen (secondary N) is 1. The standard InChI is InChI=1S/C22H28FNO2.ClH/c1-24-14-16(12-15-6-4-7-17(23)13-15)18-8-5-9-20-19(18)10-11-21(25-2)22(20)26-3;/h4,6-7,10-11,13,16,18,24H,5,8-9,12,14H2,1-3H3;1H. The number of ether oxygens (including phenoxy) is 2. The highest BCUT2D eigenvalue weighted by atomic mass is 35.5. The Hall–Kier alpha value is -1.78. The number of halogens is 2. The maximum Gasteiger partial charge on any atom is 0.164 e. The van der Waals surface area contributed by atoms with Crippen molar-refractivity contribution in [2.24, 2.45) is 5.92 Å². The van der Waals surface area contributed by atoms with Crippen LogP contribution in [-0.4, -0.2) is 27.8 Å². The van der Waals surface area contributed by atoms with Crippen molar-refractivity contribution < 1.29 is 13.9 Å². The average molecular weight is 394 g/mol. The highest BCUT2D eigenvalue weighted by Crippen LogP contribution is 2.44. The fourth-order valence-electron chi connectivity index (χ4n) is 4.34. The molecule has 5 heteroatoms. The van der Waals surface area contributed by atoms with Gasteiger partial charge in [0.25, 0.3) is 0 Å². The molecule has 0 radical (unpaired) electrons. The van der Waals surface area contributed by atoms with Crippen molar-refractivity contribution in [3.8, 4) is 11.5 Å². The van der Waals surface area contributed by atoms with Gasteiger partial charge in [0.2, 0.25) is 0 Å². The third kappa shape index (κ3) is 4.74. The van der Waals surface area contributed by atoms with Gasteiger partial charge in [-0.25, -0.2) is 4.39 Å². The zero-order valence-electron chi connectivity index (χ0n) is 16.3. The molecule has 2 aromatic carbocycles. The van der Waals surface area contributed by atoms with Gasteiger partial charge >= 0.3 is 0 Å². The summed E-state index contributed by atoms with van der Waals surface area (Å²) in [6, 6.07) is 11.2. The molecule has 0 heterocycles. The Morgan fingerprint density at radius 2 is 2.00 bits per heavy atom. The summed E-state index contributed by atoms with van der Waals surface area (Å²) in [5.41, 5.74) is 3.67. The number of hydrogen-bond donors (Lipinski definition) is 1. The zero-order chi connectivity index (χ0) is 18.5. The Balaban J connectivity index is 0.00000261. The molecule has 2 atom stereocenters. The van der Waals surface area contributed by atoms with Crippen molar-refractivity contribution in [2.45, 2.75) is 31.6 Å². The molecular formula is C22H29ClFNO2. The van der Waals surface area contributed by atoms with Gasteiger partial charge in [0.1, 0.15) is 5.82 Å². The summed E-state index contributed by atoms with van der Waals surface area (Å²) in [6.45, 7) is 0.898. The van der Waals surface area contributed by atoms with E-state index in [0.29, 0.717) is 11.8 Å². The van der Waals surface area contributed by atoms with E-state index in [1.54, 1.807) is 26.4 Å². The Labute approximate surface area is 167 Å². The average Bonchev–Trinajstić information content (AvgIpc) is 2.66. The van der Waals surface area contributed by atoms with Crippen molar-refractivity contribution in [2.75, 3.05) is 27.8 Å². The van der Waals surface area contributed by atoms with Gasteiger partial charge in [0.15, 0.2) is 11.5 Å². The van der Waals surface area contributed by atoms with E-state index < -0.39 is 0 Å². The van der Waals surface area contributed by atoms with Crippen molar-refractivity contribution in [1.82, 2.24) is 5.32 Å². The van der Waals surface area contributed by atoms with E-state index in [4.69, 9.17) is 9.47 Å². The van der Waals surface area contributed by atoms with Crippen LogP contribution in [-0.2, 0) is 12.8 Å². The van der Waals surface area contributed by atoms with Crippen LogP contribution < -0.4 is 14.8 Å². The van der Waals surface area contributed by atoms with Gasteiger partial charge < -0.3 is 14.8 Å². The predicted octanol–water partition coefficient (Wildman–Crippen LogP) is 4.76. The van der Waals surface area contributed by atoms with E-state index in [2.05, 4.69) is 11.4 Å². The van der Waals surface area contributed by atoms with Crippen LogP contribution in [0.1, 0.15) is 35.4 Å². The monoisotopic (exact) mass is 393 g/mol. The summed E-state index contributed by atoms with van der Waals surface area (Å²) in [5.74, 6) is 2.32. The highest BCUT2D eigenvalue weighted by Gasteiger charge is 2.30. The quantitative estimate of drug-likeness (QED) is 0.735. The second-order valence-corrected chi connectivity index (χ2v) is 7.02. The number of benzene rings is 2. The summed E-state index contributed by atoms with van der Waals surface area (Å²) in [4.78, 5) is 0. The number of hydrogen-bond acceptors (Lipinski definition) is 3. The Morgan fingerprint density at radius 3 is 2.67 bits per heavy atom. The second kappa shape index (κ2) is 9.95. The van der Waals surface area contributed by atoms with E-state index in [0.717, 1.165) is 49.3 Å². The van der Waals surface area contributed by atoms with Gasteiger partial charge in [-0.2, -0.15) is 0 Å². The number of fused-ring (bicyclic) bond motifs is 1. The molecule has 1 aliphatic rings. The van der Waals surface area contributed by atoms with E-state index in [1.807, 2.05) is 19.2 Å². The third-order valence-electron chi connectivity index (χ3n) is 5.45. The van der Waals surface area contributed by atoms with E-state index in [-0.39, 0.29) is 18.2 Å². The Kier molecular flexibility index (Phi) is 7.93. The van der Waals surface area contributed by atoms with Crippen LogP contribution in [0.15, 0.2) is 36.4 Å². The summed E-state index contributed by atoms with van der Waals surface area (Å²) in [6.07, 6.45) is 4.14. The van der Waals surface area contributed by atoms with Gasteiger partial charge in [0, 0.05) is 5.56 Å². The van der Waals surface area contributed by atoms with Crippen LogP contribution in [0.4, 0.5) is 4.39 Å². The lowest BCUT2D eigenvalue weighted by molar-refractivity contribution is 0.335.